The average molecular weight is 603 g/mol. The minimum absolute atomic E-state index is 0.0526. The highest BCUT2D eigenvalue weighted by Gasteiger charge is 2.57. The molecule has 1 aliphatic carbocycles. The van der Waals surface area contributed by atoms with Gasteiger partial charge in [0.15, 0.2) is 13.9 Å². The Bertz CT molecular complexity index is 1000. The Kier molecular flexibility index (Phi) is 12.6. The van der Waals surface area contributed by atoms with Gasteiger partial charge in [0.25, 0.3) is 0 Å². The summed E-state index contributed by atoms with van der Waals surface area (Å²) < 4.78 is 53.1. The highest BCUT2D eigenvalue weighted by Crippen LogP contribution is 2.51. The molecule has 1 aromatic carbocycles. The molecule has 0 heterocycles. The molecule has 0 spiro atoms. The number of hydrogen-bond donors (Lipinski definition) is 0. The van der Waals surface area contributed by atoms with Gasteiger partial charge in [-0.25, -0.2) is 4.79 Å². The largest absolute Gasteiger partial charge is 0.467 e. The summed E-state index contributed by atoms with van der Waals surface area (Å²) in [5.74, 6) is -1.49. The molecule has 0 aromatic heterocycles. The Labute approximate surface area is 240 Å². The van der Waals surface area contributed by atoms with E-state index in [1.54, 1.807) is 0 Å². The highest BCUT2D eigenvalue weighted by molar-refractivity contribution is 7.53. The highest BCUT2D eigenvalue weighted by atomic mass is 31.2. The van der Waals surface area contributed by atoms with Crippen molar-refractivity contribution in [2.24, 2.45) is 5.92 Å². The van der Waals surface area contributed by atoms with Crippen molar-refractivity contribution in [1.29, 1.82) is 0 Å². The van der Waals surface area contributed by atoms with Crippen LogP contribution in [0.2, 0.25) is 18.1 Å². The first-order valence-electron chi connectivity index (χ1n) is 13.5. The van der Waals surface area contributed by atoms with Crippen molar-refractivity contribution in [3.05, 3.63) is 35.9 Å². The summed E-state index contributed by atoms with van der Waals surface area (Å²) >= 11 is 0. The molecular formula is C28H47O10PSi. The summed E-state index contributed by atoms with van der Waals surface area (Å²) in [6.45, 7) is 11.9. The van der Waals surface area contributed by atoms with Crippen LogP contribution in [0.25, 0.3) is 0 Å². The van der Waals surface area contributed by atoms with Crippen molar-refractivity contribution >= 4 is 27.9 Å². The number of methoxy groups -OCH3 is 1. The summed E-state index contributed by atoms with van der Waals surface area (Å²) in [6.07, 6.45) is -0.908. The van der Waals surface area contributed by atoms with Gasteiger partial charge < -0.3 is 32.4 Å². The van der Waals surface area contributed by atoms with Crippen molar-refractivity contribution in [3.63, 3.8) is 0 Å². The maximum absolute atomic E-state index is 13.5. The lowest BCUT2D eigenvalue weighted by atomic mass is 9.73. The van der Waals surface area contributed by atoms with E-state index in [0.29, 0.717) is 6.61 Å². The van der Waals surface area contributed by atoms with Crippen LogP contribution in [0.5, 0.6) is 0 Å². The van der Waals surface area contributed by atoms with E-state index in [0.717, 1.165) is 5.56 Å². The summed E-state index contributed by atoms with van der Waals surface area (Å²) in [6, 6.07) is 9.65. The molecule has 1 aromatic rings. The van der Waals surface area contributed by atoms with Crippen LogP contribution in [0.4, 0.5) is 0 Å². The maximum Gasteiger partial charge on any atom is 0.337 e. The molecule has 0 bridgehead atoms. The van der Waals surface area contributed by atoms with Crippen LogP contribution in [-0.2, 0) is 53.2 Å². The predicted octanol–water partition coefficient (Wildman–Crippen LogP) is 5.70. The molecule has 2 rings (SSSR count). The summed E-state index contributed by atoms with van der Waals surface area (Å²) in [5, 5.41) is -0.201. The monoisotopic (exact) mass is 602 g/mol. The van der Waals surface area contributed by atoms with E-state index in [9.17, 15) is 14.2 Å². The Balaban J connectivity index is 2.45. The molecule has 4 atom stereocenters. The number of carbonyl (C=O) groups is 2. The van der Waals surface area contributed by atoms with Gasteiger partial charge in [-0.05, 0) is 36.5 Å². The van der Waals surface area contributed by atoms with E-state index >= 15 is 0 Å². The number of esters is 2. The molecular weight excluding hydrogens is 555 g/mol. The standard InChI is InChI=1S/C28H47O10PSi/c1-21(29)37-25-23(15-16-39(31,33-6)34-7)17-28(26(30)32-5,38-40(8,9)27(2,3)4)18-24(25)36-20-35-19-22-13-11-10-12-14-22/h10-14,23-25H,15-20H2,1-9H3/t23-,24-,25-,28+/m1/s1. The molecule has 1 aliphatic rings. The smallest absolute Gasteiger partial charge is 0.337 e. The van der Waals surface area contributed by atoms with Crippen molar-refractivity contribution in [2.75, 3.05) is 34.3 Å². The zero-order chi connectivity index (χ0) is 30.2. The van der Waals surface area contributed by atoms with E-state index in [4.69, 9.17) is 32.4 Å². The third-order valence-electron chi connectivity index (χ3n) is 7.88. The fourth-order valence-corrected chi connectivity index (χ4v) is 7.42. The lowest BCUT2D eigenvalue weighted by molar-refractivity contribution is -0.209. The zero-order valence-corrected chi connectivity index (χ0v) is 27.3. The second-order valence-electron chi connectivity index (χ2n) is 11.7. The second kappa shape index (κ2) is 14.5. The first-order chi connectivity index (χ1) is 18.6. The van der Waals surface area contributed by atoms with Crippen molar-refractivity contribution < 1.29 is 46.6 Å². The van der Waals surface area contributed by atoms with Gasteiger partial charge in [-0.1, -0.05) is 51.1 Å². The molecule has 12 heteroatoms. The molecule has 0 N–H and O–H groups in total. The van der Waals surface area contributed by atoms with Gasteiger partial charge in [0, 0.05) is 33.5 Å². The van der Waals surface area contributed by atoms with Gasteiger partial charge in [0.2, 0.25) is 0 Å². The molecule has 0 amide bonds. The summed E-state index contributed by atoms with van der Waals surface area (Å²) in [7, 11) is -1.92. The van der Waals surface area contributed by atoms with Crippen LogP contribution in [0.15, 0.2) is 30.3 Å². The number of carbonyl (C=O) groups excluding carboxylic acids is 2. The van der Waals surface area contributed by atoms with Crippen LogP contribution >= 0.6 is 7.60 Å². The molecule has 0 unspecified atom stereocenters. The van der Waals surface area contributed by atoms with Crippen LogP contribution in [0.3, 0.4) is 0 Å². The maximum atomic E-state index is 13.5. The van der Waals surface area contributed by atoms with Crippen LogP contribution in [0.1, 0.15) is 52.5 Å². The SMILES string of the molecule is COC(=O)[C@]1(O[Si](C)(C)C(C)(C)C)C[C@@H](CCP(=O)(OC)OC)[C@@H](OC(C)=O)[C@H](OCOCc2ccccc2)C1. The molecule has 0 radical (unpaired) electrons. The Morgan fingerprint density at radius 1 is 1.05 bits per heavy atom. The number of rotatable bonds is 14. The van der Waals surface area contributed by atoms with Gasteiger partial charge in [-0.15, -0.1) is 0 Å². The van der Waals surface area contributed by atoms with Gasteiger partial charge in [-0.2, -0.15) is 0 Å². The van der Waals surface area contributed by atoms with E-state index < -0.39 is 51.6 Å². The Hall–Kier alpha value is -1.59. The fraction of sp³-hybridized carbons (Fsp3) is 0.714. The third kappa shape index (κ3) is 9.21. The predicted molar refractivity (Wildman–Crippen MR) is 153 cm³/mol. The third-order valence-corrected chi connectivity index (χ3v) is 14.3. The van der Waals surface area contributed by atoms with E-state index in [2.05, 4.69) is 33.9 Å². The number of benzene rings is 1. The van der Waals surface area contributed by atoms with E-state index in [-0.39, 0.29) is 37.3 Å². The van der Waals surface area contributed by atoms with Gasteiger partial charge in [-0.3, -0.25) is 9.36 Å². The quantitative estimate of drug-likeness (QED) is 0.0864. The Morgan fingerprint density at radius 3 is 2.20 bits per heavy atom. The van der Waals surface area contributed by atoms with Crippen LogP contribution in [0, 0.1) is 5.92 Å². The molecule has 40 heavy (non-hydrogen) atoms. The number of ether oxygens (including phenoxy) is 4. The lowest BCUT2D eigenvalue weighted by Gasteiger charge is -2.50. The van der Waals surface area contributed by atoms with E-state index in [1.165, 1.54) is 28.3 Å². The molecule has 228 valence electrons. The van der Waals surface area contributed by atoms with Gasteiger partial charge in [0.05, 0.1) is 19.9 Å². The molecule has 0 aliphatic heterocycles. The number of hydrogen-bond acceptors (Lipinski definition) is 10. The van der Waals surface area contributed by atoms with Crippen molar-refractivity contribution in [2.45, 2.75) is 89.5 Å². The normalized spacial score (nSPS) is 24.0. The first-order valence-corrected chi connectivity index (χ1v) is 18.1. The topological polar surface area (TPSA) is 116 Å². The minimum atomic E-state index is -3.38. The van der Waals surface area contributed by atoms with Gasteiger partial charge in [0.1, 0.15) is 19.0 Å². The molecule has 0 saturated heterocycles. The van der Waals surface area contributed by atoms with Crippen molar-refractivity contribution in [3.8, 4) is 0 Å². The van der Waals surface area contributed by atoms with Crippen molar-refractivity contribution in [1.82, 2.24) is 0 Å². The van der Waals surface area contributed by atoms with Crippen LogP contribution < -0.4 is 0 Å². The average Bonchev–Trinajstić information content (AvgIpc) is 2.90. The summed E-state index contributed by atoms with van der Waals surface area (Å²) in [5.41, 5.74) is -0.392. The molecule has 10 nitrogen and oxygen atoms in total. The van der Waals surface area contributed by atoms with Crippen LogP contribution in [-0.4, -0.2) is 72.3 Å². The van der Waals surface area contributed by atoms with E-state index in [1.807, 2.05) is 30.3 Å². The molecule has 1 fully saturated rings. The minimum Gasteiger partial charge on any atom is -0.467 e. The molecule has 1 saturated carbocycles. The first kappa shape index (κ1) is 34.6. The zero-order valence-electron chi connectivity index (χ0n) is 25.4. The van der Waals surface area contributed by atoms with Gasteiger partial charge >= 0.3 is 19.5 Å². The Morgan fingerprint density at radius 2 is 1.68 bits per heavy atom. The summed E-state index contributed by atoms with van der Waals surface area (Å²) in [4.78, 5) is 25.7. The lowest BCUT2D eigenvalue weighted by Crippen LogP contribution is -2.61. The second-order valence-corrected chi connectivity index (χ2v) is 18.9. The fourth-order valence-electron chi connectivity index (χ4n) is 4.72.